The third-order valence-corrected chi connectivity index (χ3v) is 3.45. The van der Waals surface area contributed by atoms with Gasteiger partial charge in [0.1, 0.15) is 0 Å². The maximum Gasteiger partial charge on any atom is 0.251 e. The molecule has 0 radical (unpaired) electrons. The fourth-order valence-electron chi connectivity index (χ4n) is 2.30. The van der Waals surface area contributed by atoms with E-state index < -0.39 is 0 Å². The summed E-state index contributed by atoms with van der Waals surface area (Å²) in [4.78, 5) is 12.4. The van der Waals surface area contributed by atoms with Crippen LogP contribution in [-0.4, -0.2) is 19.1 Å². The number of carbonyl (C=O) groups is 1. The van der Waals surface area contributed by atoms with Crippen molar-refractivity contribution in [2.45, 2.75) is 26.8 Å². The second kappa shape index (κ2) is 8.22. The summed E-state index contributed by atoms with van der Waals surface area (Å²) in [6, 6.07) is 15.1. The number of rotatable bonds is 7. The fraction of sp³-hybridized carbons (Fsp3) is 0.316. The summed E-state index contributed by atoms with van der Waals surface area (Å²) >= 11 is 0. The summed E-state index contributed by atoms with van der Waals surface area (Å²) in [5.74, 6) is 1.11. The molecule has 0 saturated heterocycles. The van der Waals surface area contributed by atoms with Crippen LogP contribution in [0.3, 0.4) is 0 Å². The summed E-state index contributed by atoms with van der Waals surface area (Å²) in [5.41, 5.74) is 1.62. The Kier molecular flexibility index (Phi) is 6.03. The van der Waals surface area contributed by atoms with Crippen LogP contribution in [0.4, 0.5) is 0 Å². The predicted molar refractivity (Wildman–Crippen MR) is 91.1 cm³/mol. The van der Waals surface area contributed by atoms with Gasteiger partial charge in [-0.2, -0.15) is 0 Å². The van der Waals surface area contributed by atoms with Gasteiger partial charge in [0, 0.05) is 5.56 Å². The van der Waals surface area contributed by atoms with E-state index in [2.05, 4.69) is 5.32 Å². The highest BCUT2D eigenvalue weighted by Crippen LogP contribution is 2.28. The van der Waals surface area contributed by atoms with Gasteiger partial charge in [0.25, 0.3) is 5.91 Å². The van der Waals surface area contributed by atoms with Crippen molar-refractivity contribution < 1.29 is 14.3 Å². The molecule has 2 aromatic carbocycles. The quantitative estimate of drug-likeness (QED) is 0.841. The molecule has 1 amide bonds. The molecular weight excluding hydrogens is 290 g/mol. The summed E-state index contributed by atoms with van der Waals surface area (Å²) in [6.45, 7) is 6.85. The largest absolute Gasteiger partial charge is 0.490 e. The molecule has 1 N–H and O–H groups in total. The van der Waals surface area contributed by atoms with E-state index in [-0.39, 0.29) is 11.9 Å². The lowest BCUT2D eigenvalue weighted by molar-refractivity contribution is 0.0939. The molecule has 0 bridgehead atoms. The minimum Gasteiger partial charge on any atom is -0.490 e. The van der Waals surface area contributed by atoms with E-state index in [0.29, 0.717) is 30.3 Å². The van der Waals surface area contributed by atoms with Gasteiger partial charge in [-0.3, -0.25) is 4.79 Å². The standard InChI is InChI=1S/C19H23NO3/c1-4-22-17-12-11-16(13-18(17)23-5-2)19(21)20-14(3)15-9-7-6-8-10-15/h6-14H,4-5H2,1-3H3,(H,20,21)/t14-/m1/s1. The smallest absolute Gasteiger partial charge is 0.251 e. The van der Waals surface area contributed by atoms with Crippen LogP contribution in [0.1, 0.15) is 42.7 Å². The average molecular weight is 313 g/mol. The molecule has 0 spiro atoms. The van der Waals surface area contributed by atoms with Gasteiger partial charge in [-0.15, -0.1) is 0 Å². The van der Waals surface area contributed by atoms with Gasteiger partial charge < -0.3 is 14.8 Å². The molecule has 0 heterocycles. The predicted octanol–water partition coefficient (Wildman–Crippen LogP) is 3.98. The van der Waals surface area contributed by atoms with Gasteiger partial charge in [0.2, 0.25) is 0 Å². The highest BCUT2D eigenvalue weighted by molar-refractivity contribution is 5.95. The fourth-order valence-corrected chi connectivity index (χ4v) is 2.30. The minimum atomic E-state index is -0.134. The van der Waals surface area contributed by atoms with E-state index in [4.69, 9.17) is 9.47 Å². The zero-order valence-corrected chi connectivity index (χ0v) is 13.8. The third kappa shape index (κ3) is 4.49. The van der Waals surface area contributed by atoms with Crippen molar-refractivity contribution in [3.63, 3.8) is 0 Å². The van der Waals surface area contributed by atoms with Gasteiger partial charge in [-0.25, -0.2) is 0 Å². The van der Waals surface area contributed by atoms with Crippen LogP contribution < -0.4 is 14.8 Å². The van der Waals surface area contributed by atoms with Crippen LogP contribution >= 0.6 is 0 Å². The summed E-state index contributed by atoms with van der Waals surface area (Å²) in [7, 11) is 0. The second-order valence-electron chi connectivity index (χ2n) is 5.13. The molecule has 1 atom stereocenters. The van der Waals surface area contributed by atoms with Gasteiger partial charge in [0.05, 0.1) is 19.3 Å². The molecule has 23 heavy (non-hydrogen) atoms. The van der Waals surface area contributed by atoms with E-state index in [1.807, 2.05) is 51.1 Å². The number of ether oxygens (including phenoxy) is 2. The first kappa shape index (κ1) is 16.9. The zero-order chi connectivity index (χ0) is 16.7. The van der Waals surface area contributed by atoms with E-state index >= 15 is 0 Å². The first-order valence-corrected chi connectivity index (χ1v) is 7.91. The van der Waals surface area contributed by atoms with E-state index in [0.717, 1.165) is 5.56 Å². The van der Waals surface area contributed by atoms with Crippen molar-refractivity contribution in [3.05, 3.63) is 59.7 Å². The van der Waals surface area contributed by atoms with Crippen molar-refractivity contribution >= 4 is 5.91 Å². The first-order chi connectivity index (χ1) is 11.2. The normalized spacial score (nSPS) is 11.6. The molecule has 122 valence electrons. The molecule has 4 nitrogen and oxygen atoms in total. The maximum absolute atomic E-state index is 12.4. The van der Waals surface area contributed by atoms with Crippen LogP contribution in [0.25, 0.3) is 0 Å². The molecule has 0 fully saturated rings. The first-order valence-electron chi connectivity index (χ1n) is 7.91. The highest BCUT2D eigenvalue weighted by Gasteiger charge is 2.14. The van der Waals surface area contributed by atoms with Crippen molar-refractivity contribution in [2.75, 3.05) is 13.2 Å². The summed E-state index contributed by atoms with van der Waals surface area (Å²) < 4.78 is 11.1. The Hall–Kier alpha value is -2.49. The minimum absolute atomic E-state index is 0.0641. The van der Waals surface area contributed by atoms with Gasteiger partial charge in [-0.1, -0.05) is 30.3 Å². The van der Waals surface area contributed by atoms with Crippen LogP contribution in [0.5, 0.6) is 11.5 Å². The van der Waals surface area contributed by atoms with Crippen LogP contribution in [0, 0.1) is 0 Å². The Bertz CT molecular complexity index is 640. The Morgan fingerprint density at radius 3 is 2.30 bits per heavy atom. The van der Waals surface area contributed by atoms with Crippen LogP contribution in [0.2, 0.25) is 0 Å². The lowest BCUT2D eigenvalue weighted by Crippen LogP contribution is -2.26. The average Bonchev–Trinajstić information content (AvgIpc) is 2.57. The molecule has 2 aromatic rings. The second-order valence-corrected chi connectivity index (χ2v) is 5.13. The van der Waals surface area contributed by atoms with Crippen LogP contribution in [-0.2, 0) is 0 Å². The van der Waals surface area contributed by atoms with E-state index in [1.54, 1.807) is 18.2 Å². The molecule has 0 aliphatic heterocycles. The Morgan fingerprint density at radius 2 is 1.65 bits per heavy atom. The van der Waals surface area contributed by atoms with Crippen molar-refractivity contribution in [3.8, 4) is 11.5 Å². The lowest BCUT2D eigenvalue weighted by atomic mass is 10.1. The van der Waals surface area contributed by atoms with Gasteiger partial charge >= 0.3 is 0 Å². The molecule has 2 rings (SSSR count). The molecule has 0 aliphatic carbocycles. The Labute approximate surface area is 137 Å². The molecule has 0 saturated carbocycles. The topological polar surface area (TPSA) is 47.6 Å². The highest BCUT2D eigenvalue weighted by atomic mass is 16.5. The SMILES string of the molecule is CCOc1ccc(C(=O)N[C@H](C)c2ccccc2)cc1OCC. The molecule has 0 unspecified atom stereocenters. The van der Waals surface area contributed by atoms with Gasteiger partial charge in [-0.05, 0) is 44.5 Å². The molecule has 0 aromatic heterocycles. The molecule has 4 heteroatoms. The molecule has 0 aliphatic rings. The number of amides is 1. The number of carbonyl (C=O) groups excluding carboxylic acids is 1. The Balaban J connectivity index is 2.14. The zero-order valence-electron chi connectivity index (χ0n) is 13.8. The van der Waals surface area contributed by atoms with Crippen molar-refractivity contribution in [1.29, 1.82) is 0 Å². The van der Waals surface area contributed by atoms with Gasteiger partial charge in [0.15, 0.2) is 11.5 Å². The van der Waals surface area contributed by atoms with Crippen LogP contribution in [0.15, 0.2) is 48.5 Å². The molecular formula is C19H23NO3. The van der Waals surface area contributed by atoms with Crippen molar-refractivity contribution in [1.82, 2.24) is 5.32 Å². The van der Waals surface area contributed by atoms with Crippen molar-refractivity contribution in [2.24, 2.45) is 0 Å². The third-order valence-electron chi connectivity index (χ3n) is 3.45. The van der Waals surface area contributed by atoms with E-state index in [9.17, 15) is 4.79 Å². The number of benzene rings is 2. The number of nitrogens with one attached hydrogen (secondary N) is 1. The summed E-state index contributed by atoms with van der Waals surface area (Å²) in [5, 5.41) is 3.00. The number of hydrogen-bond acceptors (Lipinski definition) is 3. The monoisotopic (exact) mass is 313 g/mol. The Morgan fingerprint density at radius 1 is 1.00 bits per heavy atom. The number of hydrogen-bond donors (Lipinski definition) is 1. The maximum atomic E-state index is 12.4. The summed E-state index contributed by atoms with van der Waals surface area (Å²) in [6.07, 6.45) is 0. The lowest BCUT2D eigenvalue weighted by Gasteiger charge is -2.16. The van der Waals surface area contributed by atoms with E-state index in [1.165, 1.54) is 0 Å².